The molecule has 14 heavy (non-hydrogen) atoms. The highest BCUT2D eigenvalue weighted by molar-refractivity contribution is 4.80. The van der Waals surface area contributed by atoms with Crippen molar-refractivity contribution in [3.05, 3.63) is 0 Å². The molecule has 0 unspecified atom stereocenters. The van der Waals surface area contributed by atoms with Gasteiger partial charge in [-0.3, -0.25) is 4.90 Å². The van der Waals surface area contributed by atoms with Crippen molar-refractivity contribution >= 4 is 0 Å². The van der Waals surface area contributed by atoms with Crippen LogP contribution in [0.25, 0.3) is 0 Å². The Morgan fingerprint density at radius 3 is 2.07 bits per heavy atom. The maximum Gasteiger partial charge on any atom is 0.0634 e. The summed E-state index contributed by atoms with van der Waals surface area (Å²) >= 11 is 0. The normalized spacial score (nSPS) is 13.7. The minimum absolute atomic E-state index is 0.0835. The van der Waals surface area contributed by atoms with Crippen molar-refractivity contribution in [2.24, 2.45) is 0 Å². The van der Waals surface area contributed by atoms with E-state index < -0.39 is 0 Å². The second kappa shape index (κ2) is 5.10. The van der Waals surface area contributed by atoms with E-state index >= 15 is 0 Å². The molecule has 0 bridgehead atoms. The standard InChI is InChI=1S/C11H25NO2/c1-10(2,9-13)12(5)8-7-11(3,4)14-6/h13H,7-9H2,1-6H3. The Bertz CT molecular complexity index is 167. The van der Waals surface area contributed by atoms with Crippen LogP contribution in [0.4, 0.5) is 0 Å². The maximum atomic E-state index is 9.18. The number of ether oxygens (including phenoxy) is 1. The predicted octanol–water partition coefficient (Wildman–Crippen LogP) is 1.50. The van der Waals surface area contributed by atoms with Crippen molar-refractivity contribution in [1.29, 1.82) is 0 Å². The van der Waals surface area contributed by atoms with E-state index in [1.807, 2.05) is 20.9 Å². The summed E-state index contributed by atoms with van der Waals surface area (Å²) in [6.45, 7) is 9.32. The largest absolute Gasteiger partial charge is 0.394 e. The number of likely N-dealkylation sites (N-methyl/N-ethyl adjacent to an activating group) is 1. The molecular formula is C11H25NO2. The van der Waals surface area contributed by atoms with E-state index in [1.165, 1.54) is 0 Å². The fraction of sp³-hybridized carbons (Fsp3) is 1.00. The van der Waals surface area contributed by atoms with Gasteiger partial charge in [0.1, 0.15) is 0 Å². The van der Waals surface area contributed by atoms with Gasteiger partial charge in [-0.05, 0) is 41.2 Å². The molecule has 0 aromatic rings. The van der Waals surface area contributed by atoms with Crippen molar-refractivity contribution in [2.45, 2.75) is 45.3 Å². The molecule has 0 aliphatic carbocycles. The molecule has 0 heterocycles. The molecule has 0 aromatic carbocycles. The first-order chi connectivity index (χ1) is 6.25. The summed E-state index contributed by atoms with van der Waals surface area (Å²) in [6.07, 6.45) is 0.962. The summed E-state index contributed by atoms with van der Waals surface area (Å²) in [5, 5.41) is 9.18. The Kier molecular flexibility index (Phi) is 5.06. The van der Waals surface area contributed by atoms with E-state index in [-0.39, 0.29) is 17.7 Å². The SMILES string of the molecule is COC(C)(C)CCN(C)C(C)(C)CO. The first-order valence-electron chi connectivity index (χ1n) is 5.12. The lowest BCUT2D eigenvalue weighted by atomic mass is 10.0. The van der Waals surface area contributed by atoms with Gasteiger partial charge >= 0.3 is 0 Å². The third-order valence-electron chi connectivity index (χ3n) is 3.02. The Balaban J connectivity index is 4.02. The smallest absolute Gasteiger partial charge is 0.0634 e. The monoisotopic (exact) mass is 203 g/mol. The molecule has 0 amide bonds. The summed E-state index contributed by atoms with van der Waals surface area (Å²) in [5.74, 6) is 0. The molecule has 0 spiro atoms. The van der Waals surface area contributed by atoms with Crippen LogP contribution in [0.3, 0.4) is 0 Å². The Hall–Kier alpha value is -0.120. The van der Waals surface area contributed by atoms with Crippen molar-refractivity contribution in [1.82, 2.24) is 4.90 Å². The van der Waals surface area contributed by atoms with E-state index in [4.69, 9.17) is 4.74 Å². The lowest BCUT2D eigenvalue weighted by molar-refractivity contribution is -0.00436. The lowest BCUT2D eigenvalue weighted by Gasteiger charge is -2.36. The zero-order valence-corrected chi connectivity index (χ0v) is 10.4. The molecule has 0 saturated heterocycles. The van der Waals surface area contributed by atoms with E-state index in [2.05, 4.69) is 18.7 Å². The summed E-state index contributed by atoms with van der Waals surface area (Å²) in [7, 11) is 3.76. The van der Waals surface area contributed by atoms with Gasteiger partial charge in [0.05, 0.1) is 12.2 Å². The highest BCUT2D eigenvalue weighted by Gasteiger charge is 2.24. The molecule has 0 fully saturated rings. The van der Waals surface area contributed by atoms with E-state index in [9.17, 15) is 5.11 Å². The number of hydrogen-bond acceptors (Lipinski definition) is 3. The average molecular weight is 203 g/mol. The van der Waals surface area contributed by atoms with E-state index in [0.29, 0.717) is 0 Å². The zero-order valence-electron chi connectivity index (χ0n) is 10.4. The number of methoxy groups -OCH3 is 1. The highest BCUT2D eigenvalue weighted by atomic mass is 16.5. The molecule has 0 aromatic heterocycles. The van der Waals surface area contributed by atoms with Crippen LogP contribution in [0, 0.1) is 0 Å². The predicted molar refractivity (Wildman–Crippen MR) is 59.5 cm³/mol. The third-order valence-corrected chi connectivity index (χ3v) is 3.02. The van der Waals surface area contributed by atoms with Crippen LogP contribution in [0.5, 0.6) is 0 Å². The summed E-state index contributed by atoms with van der Waals surface area (Å²) in [6, 6.07) is 0. The van der Waals surface area contributed by atoms with Gasteiger partial charge in [-0.1, -0.05) is 0 Å². The fourth-order valence-electron chi connectivity index (χ4n) is 0.962. The van der Waals surface area contributed by atoms with Gasteiger partial charge in [-0.2, -0.15) is 0 Å². The molecule has 0 aliphatic rings. The van der Waals surface area contributed by atoms with Crippen molar-refractivity contribution in [3.63, 3.8) is 0 Å². The topological polar surface area (TPSA) is 32.7 Å². The number of rotatable bonds is 6. The first-order valence-corrected chi connectivity index (χ1v) is 5.12. The molecule has 0 aliphatic heterocycles. The maximum absolute atomic E-state index is 9.18. The Labute approximate surface area is 88.1 Å². The van der Waals surface area contributed by atoms with Gasteiger partial charge < -0.3 is 9.84 Å². The van der Waals surface area contributed by atoms with Gasteiger partial charge in [-0.25, -0.2) is 0 Å². The molecular weight excluding hydrogens is 178 g/mol. The van der Waals surface area contributed by atoms with Crippen LogP contribution in [0.1, 0.15) is 34.1 Å². The van der Waals surface area contributed by atoms with Gasteiger partial charge in [-0.15, -0.1) is 0 Å². The molecule has 0 rings (SSSR count). The number of nitrogens with zero attached hydrogens (tertiary/aromatic N) is 1. The van der Waals surface area contributed by atoms with Gasteiger partial charge in [0, 0.05) is 19.2 Å². The Morgan fingerprint density at radius 1 is 1.21 bits per heavy atom. The van der Waals surface area contributed by atoms with Crippen molar-refractivity contribution in [2.75, 3.05) is 27.3 Å². The minimum atomic E-state index is -0.149. The van der Waals surface area contributed by atoms with Crippen molar-refractivity contribution < 1.29 is 9.84 Å². The molecule has 0 radical (unpaired) electrons. The molecule has 1 N–H and O–H groups in total. The van der Waals surface area contributed by atoms with Gasteiger partial charge in [0.15, 0.2) is 0 Å². The molecule has 0 atom stereocenters. The molecule has 3 heteroatoms. The second-order valence-corrected chi connectivity index (χ2v) is 5.11. The fourth-order valence-corrected chi connectivity index (χ4v) is 0.962. The number of hydrogen-bond donors (Lipinski definition) is 1. The molecule has 0 saturated carbocycles. The third kappa shape index (κ3) is 4.40. The van der Waals surface area contributed by atoms with Gasteiger partial charge in [0.25, 0.3) is 0 Å². The van der Waals surface area contributed by atoms with Crippen LogP contribution in [0.15, 0.2) is 0 Å². The highest BCUT2D eigenvalue weighted by Crippen LogP contribution is 2.17. The van der Waals surface area contributed by atoms with E-state index in [0.717, 1.165) is 13.0 Å². The minimum Gasteiger partial charge on any atom is -0.394 e. The summed E-state index contributed by atoms with van der Waals surface area (Å²) in [4.78, 5) is 2.16. The lowest BCUT2D eigenvalue weighted by Crippen LogP contribution is -2.46. The second-order valence-electron chi connectivity index (χ2n) is 5.11. The zero-order chi connectivity index (χ0) is 11.4. The van der Waals surface area contributed by atoms with Crippen LogP contribution in [0.2, 0.25) is 0 Å². The average Bonchev–Trinajstić information content (AvgIpc) is 2.14. The summed E-state index contributed by atoms with van der Waals surface area (Å²) < 4.78 is 5.35. The molecule has 3 nitrogen and oxygen atoms in total. The van der Waals surface area contributed by atoms with Crippen LogP contribution in [-0.4, -0.2) is 48.5 Å². The number of aliphatic hydroxyl groups is 1. The van der Waals surface area contributed by atoms with Crippen LogP contribution in [-0.2, 0) is 4.74 Å². The van der Waals surface area contributed by atoms with Gasteiger partial charge in [0.2, 0.25) is 0 Å². The van der Waals surface area contributed by atoms with Crippen molar-refractivity contribution in [3.8, 4) is 0 Å². The Morgan fingerprint density at radius 2 is 1.71 bits per heavy atom. The molecule has 86 valence electrons. The quantitative estimate of drug-likeness (QED) is 0.710. The summed E-state index contributed by atoms with van der Waals surface area (Å²) in [5.41, 5.74) is -0.233. The van der Waals surface area contributed by atoms with Crippen LogP contribution >= 0.6 is 0 Å². The van der Waals surface area contributed by atoms with E-state index in [1.54, 1.807) is 7.11 Å². The van der Waals surface area contributed by atoms with Crippen LogP contribution < -0.4 is 0 Å². The first kappa shape index (κ1) is 13.9. The number of aliphatic hydroxyl groups excluding tert-OH is 1.